The number of hydrogen-bond donors (Lipinski definition) is 2. The van der Waals surface area contributed by atoms with Gasteiger partial charge in [0.25, 0.3) is 0 Å². The first-order chi connectivity index (χ1) is 14.0. The minimum Gasteiger partial charge on any atom is -0.497 e. The number of rotatable bonds is 8. The van der Waals surface area contributed by atoms with Gasteiger partial charge in [-0.05, 0) is 24.3 Å². The molecule has 10 heteroatoms. The fourth-order valence-corrected chi connectivity index (χ4v) is 3.18. The van der Waals surface area contributed by atoms with Crippen LogP contribution in [-0.4, -0.2) is 47.9 Å². The molecule has 0 saturated heterocycles. The second-order valence-corrected chi connectivity index (χ2v) is 6.79. The molecule has 3 rings (SSSR count). The Balaban J connectivity index is 1.64. The minimum absolute atomic E-state index is 0.109. The normalized spacial score (nSPS) is 10.4. The van der Waals surface area contributed by atoms with Crippen LogP contribution in [0.5, 0.6) is 17.2 Å². The summed E-state index contributed by atoms with van der Waals surface area (Å²) in [5, 5.41) is 11.4. The lowest BCUT2D eigenvalue weighted by Crippen LogP contribution is -2.16. The van der Waals surface area contributed by atoms with Crippen LogP contribution in [-0.2, 0) is 4.79 Å². The van der Waals surface area contributed by atoms with Crippen LogP contribution >= 0.6 is 11.8 Å². The van der Waals surface area contributed by atoms with Crippen molar-refractivity contribution in [2.75, 3.05) is 38.2 Å². The van der Waals surface area contributed by atoms with Gasteiger partial charge in [0.15, 0.2) is 5.82 Å². The fraction of sp³-hybridized carbons (Fsp3) is 0.211. The summed E-state index contributed by atoms with van der Waals surface area (Å²) in [6, 6.07) is 12.4. The summed E-state index contributed by atoms with van der Waals surface area (Å²) < 4.78 is 16.9. The predicted molar refractivity (Wildman–Crippen MR) is 111 cm³/mol. The number of nitrogen functional groups attached to an aromatic ring is 1. The summed E-state index contributed by atoms with van der Waals surface area (Å²) >= 11 is 1.18. The Morgan fingerprint density at radius 2 is 1.62 bits per heavy atom. The highest BCUT2D eigenvalue weighted by molar-refractivity contribution is 7.99. The molecule has 152 valence electrons. The van der Waals surface area contributed by atoms with E-state index in [0.717, 1.165) is 11.3 Å². The van der Waals surface area contributed by atoms with Gasteiger partial charge in [0.1, 0.15) is 17.2 Å². The van der Waals surface area contributed by atoms with E-state index in [1.807, 2.05) is 24.3 Å². The quantitative estimate of drug-likeness (QED) is 0.426. The molecule has 2 aromatic carbocycles. The molecule has 0 atom stereocenters. The Morgan fingerprint density at radius 1 is 1.00 bits per heavy atom. The summed E-state index contributed by atoms with van der Waals surface area (Å²) in [5.41, 5.74) is 1.36. The van der Waals surface area contributed by atoms with Crippen LogP contribution in [0, 0.1) is 0 Å². The Hall–Kier alpha value is -3.40. The Kier molecular flexibility index (Phi) is 6.45. The first kappa shape index (κ1) is 20.3. The summed E-state index contributed by atoms with van der Waals surface area (Å²) in [7, 11) is 4.69. The van der Waals surface area contributed by atoms with E-state index < -0.39 is 0 Å². The maximum Gasteiger partial charge on any atom is 0.234 e. The van der Waals surface area contributed by atoms with Crippen LogP contribution in [0.25, 0.3) is 11.4 Å². The number of amides is 1. The minimum atomic E-state index is -0.223. The summed E-state index contributed by atoms with van der Waals surface area (Å²) in [5.74, 6) is 8.37. The van der Waals surface area contributed by atoms with E-state index >= 15 is 0 Å². The number of methoxy groups -OCH3 is 3. The third-order valence-corrected chi connectivity index (χ3v) is 4.92. The van der Waals surface area contributed by atoms with Gasteiger partial charge in [-0.25, -0.2) is 4.68 Å². The van der Waals surface area contributed by atoms with Gasteiger partial charge >= 0.3 is 0 Å². The summed E-state index contributed by atoms with van der Waals surface area (Å²) in [6.45, 7) is 0. The Morgan fingerprint density at radius 3 is 2.21 bits per heavy atom. The van der Waals surface area contributed by atoms with Crippen molar-refractivity contribution in [1.29, 1.82) is 0 Å². The number of nitrogens with one attached hydrogen (secondary N) is 1. The number of ether oxygens (including phenoxy) is 3. The lowest BCUT2D eigenvalue weighted by atomic mass is 10.2. The number of aromatic nitrogens is 3. The van der Waals surface area contributed by atoms with Gasteiger partial charge in [-0.2, -0.15) is 0 Å². The number of anilines is 1. The molecule has 3 N–H and O–H groups in total. The van der Waals surface area contributed by atoms with Crippen molar-refractivity contribution in [3.63, 3.8) is 0 Å². The number of carbonyl (C=O) groups excluding carboxylic acids is 1. The van der Waals surface area contributed by atoms with E-state index in [4.69, 9.17) is 20.1 Å². The average molecular weight is 415 g/mol. The molecule has 0 spiro atoms. The number of nitrogens with zero attached hydrogens (tertiary/aromatic N) is 3. The van der Waals surface area contributed by atoms with Crippen LogP contribution in [0.3, 0.4) is 0 Å². The molecule has 0 saturated carbocycles. The van der Waals surface area contributed by atoms with Crippen LogP contribution in [0.4, 0.5) is 5.69 Å². The largest absolute Gasteiger partial charge is 0.497 e. The average Bonchev–Trinajstić information content (AvgIpc) is 3.12. The van der Waals surface area contributed by atoms with Crippen molar-refractivity contribution in [2.45, 2.75) is 5.16 Å². The van der Waals surface area contributed by atoms with Crippen molar-refractivity contribution in [2.24, 2.45) is 0 Å². The number of nitrogens with two attached hydrogens (primary N) is 1. The molecule has 0 aliphatic carbocycles. The summed E-state index contributed by atoms with van der Waals surface area (Å²) in [4.78, 5) is 12.3. The zero-order valence-electron chi connectivity index (χ0n) is 16.2. The molecular weight excluding hydrogens is 394 g/mol. The molecule has 0 unspecified atom stereocenters. The number of benzene rings is 2. The number of hydrogen-bond acceptors (Lipinski definition) is 8. The van der Waals surface area contributed by atoms with Gasteiger partial charge < -0.3 is 25.4 Å². The molecule has 0 fully saturated rings. The molecule has 1 amide bonds. The highest BCUT2D eigenvalue weighted by Gasteiger charge is 2.14. The van der Waals surface area contributed by atoms with Crippen LogP contribution in [0.15, 0.2) is 47.6 Å². The molecule has 3 aromatic rings. The van der Waals surface area contributed by atoms with Gasteiger partial charge in [0.05, 0.1) is 27.1 Å². The molecular formula is C19H21N5O4S. The van der Waals surface area contributed by atoms with Crippen molar-refractivity contribution >= 4 is 23.4 Å². The van der Waals surface area contributed by atoms with Crippen molar-refractivity contribution in [1.82, 2.24) is 14.9 Å². The Labute approximate surface area is 172 Å². The molecule has 9 nitrogen and oxygen atoms in total. The fourth-order valence-electron chi connectivity index (χ4n) is 2.52. The molecule has 0 aliphatic rings. The second-order valence-electron chi connectivity index (χ2n) is 5.84. The van der Waals surface area contributed by atoms with Gasteiger partial charge in [-0.1, -0.05) is 11.8 Å². The summed E-state index contributed by atoms with van der Waals surface area (Å²) in [6.07, 6.45) is 0. The third-order valence-electron chi connectivity index (χ3n) is 3.98. The smallest absolute Gasteiger partial charge is 0.234 e. The maximum absolute atomic E-state index is 12.3. The van der Waals surface area contributed by atoms with Gasteiger partial charge in [-0.15, -0.1) is 10.2 Å². The molecule has 1 aromatic heterocycles. The SMILES string of the molecule is COc1ccc(-c2nnc(SCC(=O)Nc3cc(OC)cc(OC)c3)n2N)cc1. The highest BCUT2D eigenvalue weighted by Crippen LogP contribution is 2.27. The van der Waals surface area contributed by atoms with E-state index in [1.54, 1.807) is 39.5 Å². The van der Waals surface area contributed by atoms with E-state index in [-0.39, 0.29) is 11.7 Å². The lowest BCUT2D eigenvalue weighted by Gasteiger charge is -2.09. The van der Waals surface area contributed by atoms with E-state index in [2.05, 4.69) is 15.5 Å². The van der Waals surface area contributed by atoms with Crippen molar-refractivity contribution < 1.29 is 19.0 Å². The standard InChI is InChI=1S/C19H21N5O4S/c1-26-14-6-4-12(5-7-14)18-22-23-19(24(18)20)29-11-17(25)21-13-8-15(27-2)10-16(9-13)28-3/h4-10H,11,20H2,1-3H3,(H,21,25). The number of thioether (sulfide) groups is 1. The van der Waals surface area contributed by atoms with E-state index in [0.29, 0.717) is 28.2 Å². The predicted octanol–water partition coefficient (Wildman–Crippen LogP) is 2.42. The van der Waals surface area contributed by atoms with Crippen molar-refractivity contribution in [3.8, 4) is 28.6 Å². The van der Waals surface area contributed by atoms with Crippen molar-refractivity contribution in [3.05, 3.63) is 42.5 Å². The first-order valence-electron chi connectivity index (χ1n) is 8.54. The molecule has 0 radical (unpaired) electrons. The van der Waals surface area contributed by atoms with E-state index in [1.165, 1.54) is 16.4 Å². The van der Waals surface area contributed by atoms with Crippen LogP contribution in [0.2, 0.25) is 0 Å². The monoisotopic (exact) mass is 415 g/mol. The Bertz CT molecular complexity index is 969. The second kappa shape index (κ2) is 9.20. The van der Waals surface area contributed by atoms with Crippen LogP contribution < -0.4 is 25.4 Å². The number of carbonyl (C=O) groups is 1. The highest BCUT2D eigenvalue weighted by atomic mass is 32.2. The maximum atomic E-state index is 12.3. The first-order valence-corrected chi connectivity index (χ1v) is 9.53. The lowest BCUT2D eigenvalue weighted by molar-refractivity contribution is -0.113. The molecule has 29 heavy (non-hydrogen) atoms. The molecule has 1 heterocycles. The van der Waals surface area contributed by atoms with E-state index in [9.17, 15) is 4.79 Å². The van der Waals surface area contributed by atoms with Gasteiger partial charge in [0.2, 0.25) is 11.1 Å². The zero-order chi connectivity index (χ0) is 20.8. The van der Waals surface area contributed by atoms with Crippen LogP contribution in [0.1, 0.15) is 0 Å². The molecule has 0 bridgehead atoms. The van der Waals surface area contributed by atoms with Gasteiger partial charge in [-0.3, -0.25) is 4.79 Å². The third kappa shape index (κ3) is 4.91. The molecule has 0 aliphatic heterocycles. The topological polar surface area (TPSA) is 114 Å². The van der Waals surface area contributed by atoms with Gasteiger partial charge in [0, 0.05) is 29.4 Å². The zero-order valence-corrected chi connectivity index (χ0v) is 17.0.